The monoisotopic (exact) mass is 292 g/mol. The van der Waals surface area contributed by atoms with Gasteiger partial charge in [0.2, 0.25) is 0 Å². The van der Waals surface area contributed by atoms with E-state index < -0.39 is 11.0 Å². The third kappa shape index (κ3) is 3.16. The second-order valence-electron chi connectivity index (χ2n) is 4.67. The number of hydrogen-bond donors (Lipinski definition) is 1. The average Bonchev–Trinajstić information content (AvgIpc) is 2.76. The number of ether oxygens (including phenoxy) is 1. The van der Waals surface area contributed by atoms with E-state index in [0.29, 0.717) is 17.1 Å². The topological polar surface area (TPSA) is 103 Å². The maximum Gasteiger partial charge on any atom is 0.270 e. The largest absolute Gasteiger partial charge is 0.485 e. The van der Waals surface area contributed by atoms with Crippen LogP contribution in [0.15, 0.2) is 18.2 Å². The van der Waals surface area contributed by atoms with Crippen LogP contribution in [0.5, 0.6) is 5.75 Å². The van der Waals surface area contributed by atoms with Crippen LogP contribution in [-0.4, -0.2) is 24.8 Å². The predicted molar refractivity (Wildman–Crippen MR) is 73.8 cm³/mol. The lowest BCUT2D eigenvalue weighted by Crippen LogP contribution is -2.06. The molecule has 2 rings (SSSR count). The first-order chi connectivity index (χ1) is 9.90. The zero-order valence-corrected chi connectivity index (χ0v) is 12.0. The van der Waals surface area contributed by atoms with E-state index in [1.807, 2.05) is 14.0 Å². The van der Waals surface area contributed by atoms with Crippen LogP contribution < -0.4 is 4.74 Å². The summed E-state index contributed by atoms with van der Waals surface area (Å²) in [6, 6.07) is 4.12. The molecule has 8 heteroatoms. The summed E-state index contributed by atoms with van der Waals surface area (Å²) in [5, 5.41) is 28.4. The normalized spacial score (nSPS) is 12.2. The van der Waals surface area contributed by atoms with Gasteiger partial charge >= 0.3 is 0 Å². The van der Waals surface area contributed by atoms with Crippen LogP contribution in [-0.2, 0) is 13.7 Å². The number of nitro benzene ring substituents is 1. The summed E-state index contributed by atoms with van der Waals surface area (Å²) < 4.78 is 7.39. The lowest BCUT2D eigenvalue weighted by atomic mass is 10.1. The molecule has 1 N–H and O–H groups in total. The molecule has 0 aliphatic heterocycles. The van der Waals surface area contributed by atoms with Gasteiger partial charge in [0.05, 0.1) is 11.0 Å². The number of aliphatic hydroxyl groups excluding tert-OH is 1. The van der Waals surface area contributed by atoms with Crippen LogP contribution >= 0.6 is 0 Å². The first-order valence-corrected chi connectivity index (χ1v) is 6.34. The van der Waals surface area contributed by atoms with Crippen molar-refractivity contribution in [3.63, 3.8) is 0 Å². The van der Waals surface area contributed by atoms with E-state index in [2.05, 4.69) is 10.2 Å². The first-order valence-electron chi connectivity index (χ1n) is 6.34. The quantitative estimate of drug-likeness (QED) is 0.664. The molecular weight excluding hydrogens is 276 g/mol. The molecule has 8 nitrogen and oxygen atoms in total. The van der Waals surface area contributed by atoms with Gasteiger partial charge in [0.1, 0.15) is 18.2 Å². The minimum absolute atomic E-state index is 0.0900. The fraction of sp³-hybridized carbons (Fsp3) is 0.385. The van der Waals surface area contributed by atoms with Crippen LogP contribution in [0.3, 0.4) is 0 Å². The zero-order valence-electron chi connectivity index (χ0n) is 12.0. The average molecular weight is 292 g/mol. The third-order valence-electron chi connectivity index (χ3n) is 3.19. The van der Waals surface area contributed by atoms with Crippen LogP contribution in [0, 0.1) is 17.0 Å². The maximum atomic E-state index is 10.8. The summed E-state index contributed by atoms with van der Waals surface area (Å²) in [5.41, 5.74) is 0.274. The van der Waals surface area contributed by atoms with Gasteiger partial charge in [-0.2, -0.15) is 0 Å². The minimum atomic E-state index is -0.874. The van der Waals surface area contributed by atoms with Crippen molar-refractivity contribution in [2.75, 3.05) is 0 Å². The second-order valence-corrected chi connectivity index (χ2v) is 4.67. The molecule has 0 fully saturated rings. The van der Waals surface area contributed by atoms with E-state index >= 15 is 0 Å². The molecule has 112 valence electrons. The van der Waals surface area contributed by atoms with Crippen molar-refractivity contribution in [2.45, 2.75) is 26.6 Å². The molecule has 0 spiro atoms. The van der Waals surface area contributed by atoms with Gasteiger partial charge in [-0.1, -0.05) is 0 Å². The Kier molecular flexibility index (Phi) is 4.18. The van der Waals surface area contributed by atoms with Crippen LogP contribution in [0.1, 0.15) is 30.2 Å². The van der Waals surface area contributed by atoms with Gasteiger partial charge in [-0.15, -0.1) is 10.2 Å². The molecule has 0 saturated heterocycles. The Balaban J connectivity index is 2.23. The molecule has 0 radical (unpaired) electrons. The SMILES string of the molecule is Cc1nnc(COc2ccc([N+](=O)[O-])cc2C(C)O)n1C. The number of nitrogens with zero attached hydrogens (tertiary/aromatic N) is 4. The first kappa shape index (κ1) is 14.9. The third-order valence-corrected chi connectivity index (χ3v) is 3.19. The van der Waals surface area contributed by atoms with Gasteiger partial charge in [0.25, 0.3) is 5.69 Å². The van der Waals surface area contributed by atoms with Gasteiger partial charge in [0, 0.05) is 24.7 Å². The Bertz CT molecular complexity index is 666. The number of aryl methyl sites for hydroxylation is 1. The van der Waals surface area contributed by atoms with Crippen molar-refractivity contribution in [3.05, 3.63) is 45.5 Å². The molecule has 1 atom stereocenters. The van der Waals surface area contributed by atoms with Gasteiger partial charge < -0.3 is 14.4 Å². The number of hydrogen-bond acceptors (Lipinski definition) is 6. The smallest absolute Gasteiger partial charge is 0.270 e. The van der Waals surface area contributed by atoms with Crippen LogP contribution in [0.2, 0.25) is 0 Å². The number of benzene rings is 1. The summed E-state index contributed by atoms with van der Waals surface area (Å²) >= 11 is 0. The highest BCUT2D eigenvalue weighted by atomic mass is 16.6. The van der Waals surface area contributed by atoms with E-state index in [9.17, 15) is 15.2 Å². The molecule has 1 unspecified atom stereocenters. The maximum absolute atomic E-state index is 10.8. The Morgan fingerprint density at radius 2 is 2.19 bits per heavy atom. The number of non-ortho nitro benzene ring substituents is 1. The highest BCUT2D eigenvalue weighted by molar-refractivity contribution is 5.44. The Morgan fingerprint density at radius 3 is 2.71 bits per heavy atom. The molecule has 1 aromatic heterocycles. The summed E-state index contributed by atoms with van der Waals surface area (Å²) in [6.45, 7) is 3.51. The summed E-state index contributed by atoms with van der Waals surface area (Å²) in [5.74, 6) is 1.77. The van der Waals surface area contributed by atoms with E-state index in [-0.39, 0.29) is 12.3 Å². The highest BCUT2D eigenvalue weighted by Crippen LogP contribution is 2.29. The van der Waals surface area contributed by atoms with E-state index in [1.54, 1.807) is 4.57 Å². The number of aromatic nitrogens is 3. The molecule has 2 aromatic rings. The molecule has 1 aromatic carbocycles. The van der Waals surface area contributed by atoms with Crippen LogP contribution in [0.25, 0.3) is 0 Å². The predicted octanol–water partition coefficient (Wildman–Crippen LogP) is 1.66. The summed E-state index contributed by atoms with van der Waals surface area (Å²) in [4.78, 5) is 10.3. The lowest BCUT2D eigenvalue weighted by Gasteiger charge is -2.13. The van der Waals surface area contributed by atoms with E-state index in [1.165, 1.54) is 25.1 Å². The highest BCUT2D eigenvalue weighted by Gasteiger charge is 2.16. The van der Waals surface area contributed by atoms with Gasteiger partial charge in [-0.05, 0) is 19.9 Å². The van der Waals surface area contributed by atoms with Crippen LogP contribution in [0.4, 0.5) is 5.69 Å². The lowest BCUT2D eigenvalue weighted by molar-refractivity contribution is -0.385. The van der Waals surface area contributed by atoms with Crippen molar-refractivity contribution in [3.8, 4) is 5.75 Å². The zero-order chi connectivity index (χ0) is 15.6. The van der Waals surface area contributed by atoms with Crippen molar-refractivity contribution in [1.82, 2.24) is 14.8 Å². The Hall–Kier alpha value is -2.48. The van der Waals surface area contributed by atoms with Crippen molar-refractivity contribution in [1.29, 1.82) is 0 Å². The minimum Gasteiger partial charge on any atom is -0.485 e. The molecule has 0 saturated carbocycles. The molecule has 0 bridgehead atoms. The Labute approximate surface area is 121 Å². The van der Waals surface area contributed by atoms with Crippen molar-refractivity contribution >= 4 is 5.69 Å². The molecular formula is C13H16N4O4. The molecule has 0 aliphatic carbocycles. The molecule has 0 amide bonds. The number of nitro groups is 1. The number of rotatable bonds is 5. The van der Waals surface area contributed by atoms with E-state index in [4.69, 9.17) is 4.74 Å². The fourth-order valence-corrected chi connectivity index (χ4v) is 1.83. The fourth-order valence-electron chi connectivity index (χ4n) is 1.83. The van der Waals surface area contributed by atoms with E-state index in [0.717, 1.165) is 5.82 Å². The summed E-state index contributed by atoms with van der Waals surface area (Å²) in [6.07, 6.45) is -0.874. The van der Waals surface area contributed by atoms with Crippen molar-refractivity contribution in [2.24, 2.45) is 7.05 Å². The molecule has 1 heterocycles. The molecule has 21 heavy (non-hydrogen) atoms. The Morgan fingerprint density at radius 1 is 1.48 bits per heavy atom. The molecule has 0 aliphatic rings. The number of aliphatic hydroxyl groups is 1. The summed E-state index contributed by atoms with van der Waals surface area (Å²) in [7, 11) is 1.82. The van der Waals surface area contributed by atoms with Gasteiger partial charge in [-0.3, -0.25) is 10.1 Å². The van der Waals surface area contributed by atoms with Gasteiger partial charge in [-0.25, -0.2) is 0 Å². The standard InChI is InChI=1S/C13H16N4O4/c1-8(18)11-6-10(17(19)20)4-5-12(11)21-7-13-15-14-9(2)16(13)3/h4-6,8,18H,7H2,1-3H3. The van der Waals surface area contributed by atoms with Crippen molar-refractivity contribution < 1.29 is 14.8 Å². The second kappa shape index (κ2) is 5.88. The van der Waals surface area contributed by atoms with Gasteiger partial charge in [0.15, 0.2) is 5.82 Å².